The fourth-order valence-electron chi connectivity index (χ4n) is 3.35. The number of benzene rings is 1. The first-order valence-electron chi connectivity index (χ1n) is 6.39. The van der Waals surface area contributed by atoms with E-state index in [1.165, 1.54) is 5.56 Å². The highest BCUT2D eigenvalue weighted by Crippen LogP contribution is 2.40. The molecular weight excluding hydrogens is 255 g/mol. The van der Waals surface area contributed by atoms with E-state index < -0.39 is 12.1 Å². The fourth-order valence-corrected chi connectivity index (χ4v) is 3.35. The van der Waals surface area contributed by atoms with Crippen molar-refractivity contribution in [1.82, 2.24) is 4.90 Å². The third kappa shape index (κ3) is 2.22. The summed E-state index contributed by atoms with van der Waals surface area (Å²) in [7, 11) is 0. The Morgan fingerprint density at radius 2 is 1.95 bits per heavy atom. The standard InChI is InChI=1S/C14H14F3NO/c15-14(16,17)13(19)18-7-9-5-10-3-1-2-4-12(10)11(6-9)8-18/h1-4,9,11H,5-8H2. The zero-order valence-electron chi connectivity index (χ0n) is 10.3. The number of likely N-dealkylation sites (tertiary alicyclic amines) is 1. The van der Waals surface area contributed by atoms with E-state index in [1.54, 1.807) is 0 Å². The Morgan fingerprint density at radius 3 is 2.68 bits per heavy atom. The fraction of sp³-hybridized carbons (Fsp3) is 0.500. The molecule has 1 aromatic rings. The second-order valence-corrected chi connectivity index (χ2v) is 5.41. The summed E-state index contributed by atoms with van der Waals surface area (Å²) in [4.78, 5) is 12.3. The molecule has 3 rings (SSSR count). The van der Waals surface area contributed by atoms with Crippen LogP contribution in [0.2, 0.25) is 0 Å². The van der Waals surface area contributed by atoms with Crippen LogP contribution in [0, 0.1) is 5.92 Å². The lowest BCUT2D eigenvalue weighted by atomic mass is 9.74. The summed E-state index contributed by atoms with van der Waals surface area (Å²) in [6.07, 6.45) is -3.10. The Balaban J connectivity index is 1.86. The van der Waals surface area contributed by atoms with Gasteiger partial charge in [-0.05, 0) is 29.9 Å². The summed E-state index contributed by atoms with van der Waals surface area (Å²) in [5.41, 5.74) is 2.33. The van der Waals surface area contributed by atoms with Crippen LogP contribution in [-0.4, -0.2) is 30.1 Å². The van der Waals surface area contributed by atoms with Gasteiger partial charge in [0, 0.05) is 19.0 Å². The van der Waals surface area contributed by atoms with E-state index in [0.717, 1.165) is 23.3 Å². The van der Waals surface area contributed by atoms with Crippen molar-refractivity contribution in [3.63, 3.8) is 0 Å². The summed E-state index contributed by atoms with van der Waals surface area (Å²) in [6, 6.07) is 7.87. The van der Waals surface area contributed by atoms with Crippen LogP contribution in [0.4, 0.5) is 13.2 Å². The van der Waals surface area contributed by atoms with E-state index in [1.807, 2.05) is 24.3 Å². The van der Waals surface area contributed by atoms with Crippen molar-refractivity contribution in [2.45, 2.75) is 24.9 Å². The summed E-state index contributed by atoms with van der Waals surface area (Å²) in [5.74, 6) is -1.49. The van der Waals surface area contributed by atoms with E-state index in [2.05, 4.69) is 0 Å². The first-order chi connectivity index (χ1) is 8.95. The van der Waals surface area contributed by atoms with Gasteiger partial charge in [0.2, 0.25) is 0 Å². The molecule has 19 heavy (non-hydrogen) atoms. The third-order valence-electron chi connectivity index (χ3n) is 4.07. The lowest BCUT2D eigenvalue weighted by Gasteiger charge is -2.42. The van der Waals surface area contributed by atoms with E-state index >= 15 is 0 Å². The van der Waals surface area contributed by atoms with Crippen LogP contribution in [0.5, 0.6) is 0 Å². The van der Waals surface area contributed by atoms with Crippen molar-refractivity contribution >= 4 is 5.91 Å². The molecule has 0 spiro atoms. The molecule has 1 fully saturated rings. The van der Waals surface area contributed by atoms with E-state index in [4.69, 9.17) is 0 Å². The Morgan fingerprint density at radius 1 is 1.21 bits per heavy atom. The van der Waals surface area contributed by atoms with Gasteiger partial charge in [-0.2, -0.15) is 13.2 Å². The van der Waals surface area contributed by atoms with Crippen LogP contribution >= 0.6 is 0 Å². The summed E-state index contributed by atoms with van der Waals surface area (Å²) >= 11 is 0. The van der Waals surface area contributed by atoms with E-state index in [-0.39, 0.29) is 24.9 Å². The zero-order chi connectivity index (χ0) is 13.6. The highest BCUT2D eigenvalue weighted by Gasteiger charge is 2.46. The number of carbonyl (C=O) groups is 1. The van der Waals surface area contributed by atoms with Crippen molar-refractivity contribution in [3.8, 4) is 0 Å². The highest BCUT2D eigenvalue weighted by molar-refractivity contribution is 5.82. The third-order valence-corrected chi connectivity index (χ3v) is 4.07. The smallest absolute Gasteiger partial charge is 0.334 e. The van der Waals surface area contributed by atoms with Crippen molar-refractivity contribution < 1.29 is 18.0 Å². The largest absolute Gasteiger partial charge is 0.471 e. The molecule has 0 radical (unpaired) electrons. The van der Waals surface area contributed by atoms with Crippen LogP contribution < -0.4 is 0 Å². The molecule has 1 aromatic carbocycles. The second kappa shape index (κ2) is 4.25. The Kier molecular flexibility index (Phi) is 2.80. The minimum Gasteiger partial charge on any atom is -0.334 e. The van der Waals surface area contributed by atoms with Gasteiger partial charge in [-0.1, -0.05) is 24.3 Å². The number of amides is 1. The average Bonchev–Trinajstić information content (AvgIpc) is 2.36. The maximum Gasteiger partial charge on any atom is 0.471 e. The minimum absolute atomic E-state index is 0.0509. The number of nitrogens with zero attached hydrogens (tertiary/aromatic N) is 1. The Bertz CT molecular complexity index is 512. The topological polar surface area (TPSA) is 20.3 Å². The van der Waals surface area contributed by atoms with E-state index in [9.17, 15) is 18.0 Å². The van der Waals surface area contributed by atoms with Gasteiger partial charge in [0.15, 0.2) is 0 Å². The Labute approximate surface area is 109 Å². The average molecular weight is 269 g/mol. The number of rotatable bonds is 0. The predicted molar refractivity (Wildman–Crippen MR) is 63.6 cm³/mol. The Hall–Kier alpha value is -1.52. The summed E-state index contributed by atoms with van der Waals surface area (Å²) < 4.78 is 37.5. The molecule has 0 aromatic heterocycles. The molecule has 2 aliphatic rings. The zero-order valence-corrected chi connectivity index (χ0v) is 10.3. The molecule has 2 atom stereocenters. The maximum absolute atomic E-state index is 12.5. The molecule has 0 saturated carbocycles. The van der Waals surface area contributed by atoms with E-state index in [0.29, 0.717) is 0 Å². The number of alkyl halides is 3. The molecular formula is C14H14F3NO. The van der Waals surface area contributed by atoms with Crippen molar-refractivity contribution in [3.05, 3.63) is 35.4 Å². The molecule has 1 aliphatic heterocycles. The number of fused-ring (bicyclic) bond motifs is 4. The van der Waals surface area contributed by atoms with Gasteiger partial charge in [-0.15, -0.1) is 0 Å². The van der Waals surface area contributed by atoms with Gasteiger partial charge in [-0.25, -0.2) is 0 Å². The molecule has 0 N–H and O–H groups in total. The maximum atomic E-state index is 12.5. The molecule has 102 valence electrons. The van der Waals surface area contributed by atoms with Crippen LogP contribution in [0.3, 0.4) is 0 Å². The molecule has 1 aliphatic carbocycles. The first-order valence-corrected chi connectivity index (χ1v) is 6.39. The van der Waals surface area contributed by atoms with Crippen molar-refractivity contribution in [2.24, 2.45) is 5.92 Å². The molecule has 2 unspecified atom stereocenters. The number of hydrogen-bond acceptors (Lipinski definition) is 1. The SMILES string of the molecule is O=C(N1CC2Cc3ccccc3C(C2)C1)C(F)(F)F. The number of carbonyl (C=O) groups excluding carboxylic acids is 1. The highest BCUT2D eigenvalue weighted by atomic mass is 19.4. The molecule has 1 amide bonds. The number of halogens is 3. The monoisotopic (exact) mass is 269 g/mol. The van der Waals surface area contributed by atoms with Gasteiger partial charge in [0.05, 0.1) is 0 Å². The molecule has 1 saturated heterocycles. The normalized spacial score (nSPS) is 25.9. The van der Waals surface area contributed by atoms with Crippen LogP contribution in [0.25, 0.3) is 0 Å². The summed E-state index contributed by atoms with van der Waals surface area (Å²) in [5, 5.41) is 0. The molecule has 5 heteroatoms. The van der Waals surface area contributed by atoms with Crippen LogP contribution in [0.1, 0.15) is 23.5 Å². The van der Waals surface area contributed by atoms with Gasteiger partial charge in [-0.3, -0.25) is 4.79 Å². The van der Waals surface area contributed by atoms with Gasteiger partial charge < -0.3 is 4.90 Å². The van der Waals surface area contributed by atoms with Crippen molar-refractivity contribution in [2.75, 3.05) is 13.1 Å². The lowest BCUT2D eigenvalue weighted by Crippen LogP contribution is -2.50. The quantitative estimate of drug-likeness (QED) is 0.709. The van der Waals surface area contributed by atoms with Gasteiger partial charge in [0.25, 0.3) is 0 Å². The second-order valence-electron chi connectivity index (χ2n) is 5.41. The first kappa shape index (κ1) is 12.5. The molecule has 1 heterocycles. The van der Waals surface area contributed by atoms with Gasteiger partial charge in [0.1, 0.15) is 0 Å². The van der Waals surface area contributed by atoms with Gasteiger partial charge >= 0.3 is 12.1 Å². The van der Waals surface area contributed by atoms with Crippen molar-refractivity contribution in [1.29, 1.82) is 0 Å². The molecule has 2 nitrogen and oxygen atoms in total. The van der Waals surface area contributed by atoms with Crippen LogP contribution in [0.15, 0.2) is 24.3 Å². The number of piperidine rings is 1. The van der Waals surface area contributed by atoms with Crippen LogP contribution in [-0.2, 0) is 11.2 Å². The minimum atomic E-state index is -4.76. The molecule has 2 bridgehead atoms. The predicted octanol–water partition coefficient (Wildman–Crippen LogP) is 2.74. The summed E-state index contributed by atoms with van der Waals surface area (Å²) in [6.45, 7) is 0.412. The lowest BCUT2D eigenvalue weighted by molar-refractivity contribution is -0.187. The number of hydrogen-bond donors (Lipinski definition) is 0.